The monoisotopic (exact) mass is 563 g/mol. The minimum Gasteiger partial charge on any atom is -0.487 e. The first kappa shape index (κ1) is 27.4. The van der Waals surface area contributed by atoms with E-state index in [0.29, 0.717) is 30.4 Å². The number of rotatable bonds is 10. The molecule has 0 aliphatic rings. The minimum absolute atomic E-state index is 0.342. The number of pyridine rings is 2. The Balaban J connectivity index is 1.06. The highest BCUT2D eigenvalue weighted by molar-refractivity contribution is 6.12. The van der Waals surface area contributed by atoms with Crippen molar-refractivity contribution in [3.63, 3.8) is 0 Å². The van der Waals surface area contributed by atoms with E-state index in [-0.39, 0.29) is 0 Å². The molecule has 210 valence electrons. The quantitative estimate of drug-likeness (QED) is 0.103. The molecule has 0 saturated heterocycles. The standard InChI is InChI=1S/C37H29N3O3/c41-40-37(29-17-21-33(22-18-29)42-25-31-13-7-15-35(38-31)27-9-3-1-4-10-27)30-19-23-34(24-20-30)43-26-32-14-8-16-36(39-32)28-11-5-2-6-12-28/h1-24,41H,25-26H2. The van der Waals surface area contributed by atoms with E-state index in [1.807, 2.05) is 146 Å². The van der Waals surface area contributed by atoms with Gasteiger partial charge >= 0.3 is 0 Å². The Morgan fingerprint density at radius 1 is 0.488 bits per heavy atom. The van der Waals surface area contributed by atoms with E-state index in [1.165, 1.54) is 0 Å². The van der Waals surface area contributed by atoms with E-state index >= 15 is 0 Å². The zero-order chi connectivity index (χ0) is 29.3. The fourth-order valence-electron chi connectivity index (χ4n) is 4.67. The van der Waals surface area contributed by atoms with E-state index in [4.69, 9.17) is 19.4 Å². The van der Waals surface area contributed by atoms with Crippen molar-refractivity contribution in [1.29, 1.82) is 0 Å². The van der Waals surface area contributed by atoms with Gasteiger partial charge in [-0.25, -0.2) is 9.97 Å². The van der Waals surface area contributed by atoms with Gasteiger partial charge in [-0.1, -0.05) is 78.0 Å². The lowest BCUT2D eigenvalue weighted by Gasteiger charge is -2.10. The summed E-state index contributed by atoms with van der Waals surface area (Å²) in [6, 6.07) is 46.9. The molecule has 0 radical (unpaired) electrons. The van der Waals surface area contributed by atoms with E-state index in [2.05, 4.69) is 5.16 Å². The van der Waals surface area contributed by atoms with Gasteiger partial charge in [-0.2, -0.15) is 0 Å². The van der Waals surface area contributed by atoms with Gasteiger partial charge in [0.05, 0.1) is 22.8 Å². The summed E-state index contributed by atoms with van der Waals surface area (Å²) >= 11 is 0. The van der Waals surface area contributed by atoms with Crippen molar-refractivity contribution in [1.82, 2.24) is 9.97 Å². The molecule has 0 fully saturated rings. The molecule has 6 heteroatoms. The first-order valence-electron chi connectivity index (χ1n) is 14.0. The van der Waals surface area contributed by atoms with E-state index in [9.17, 15) is 5.21 Å². The summed E-state index contributed by atoms with van der Waals surface area (Å²) in [4.78, 5) is 9.44. The molecule has 6 aromatic rings. The van der Waals surface area contributed by atoms with Crippen molar-refractivity contribution in [2.24, 2.45) is 5.16 Å². The zero-order valence-electron chi connectivity index (χ0n) is 23.4. The van der Waals surface area contributed by atoms with Crippen LogP contribution < -0.4 is 9.47 Å². The summed E-state index contributed by atoms with van der Waals surface area (Å²) < 4.78 is 12.0. The fraction of sp³-hybridized carbons (Fsp3) is 0.0541. The van der Waals surface area contributed by atoms with Crippen molar-refractivity contribution < 1.29 is 14.7 Å². The zero-order valence-corrected chi connectivity index (χ0v) is 23.4. The summed E-state index contributed by atoms with van der Waals surface area (Å²) in [7, 11) is 0. The lowest BCUT2D eigenvalue weighted by Crippen LogP contribution is -2.04. The van der Waals surface area contributed by atoms with Crippen LogP contribution in [0.1, 0.15) is 22.5 Å². The highest BCUT2D eigenvalue weighted by Gasteiger charge is 2.10. The molecule has 2 aromatic heterocycles. The van der Waals surface area contributed by atoms with Crippen molar-refractivity contribution in [2.45, 2.75) is 13.2 Å². The molecule has 2 heterocycles. The summed E-state index contributed by atoms with van der Waals surface area (Å²) in [6.07, 6.45) is 0. The van der Waals surface area contributed by atoms with Gasteiger partial charge < -0.3 is 14.7 Å². The summed E-state index contributed by atoms with van der Waals surface area (Å²) in [5.74, 6) is 1.39. The second-order valence-corrected chi connectivity index (χ2v) is 9.84. The molecule has 0 amide bonds. The van der Waals surface area contributed by atoms with Gasteiger partial charge in [0, 0.05) is 22.3 Å². The largest absolute Gasteiger partial charge is 0.487 e. The molecule has 1 N–H and O–H groups in total. The molecule has 0 spiro atoms. The van der Waals surface area contributed by atoms with E-state index in [1.54, 1.807) is 0 Å². The van der Waals surface area contributed by atoms with Crippen LogP contribution in [-0.4, -0.2) is 20.9 Å². The van der Waals surface area contributed by atoms with Crippen LogP contribution >= 0.6 is 0 Å². The number of nitrogens with zero attached hydrogens (tertiary/aromatic N) is 3. The van der Waals surface area contributed by atoms with E-state index < -0.39 is 0 Å². The van der Waals surface area contributed by atoms with Gasteiger partial charge in [0.1, 0.15) is 30.4 Å². The maximum absolute atomic E-state index is 9.82. The number of hydrogen-bond donors (Lipinski definition) is 1. The molecule has 0 saturated carbocycles. The maximum Gasteiger partial charge on any atom is 0.130 e. The van der Waals surface area contributed by atoms with Crippen LogP contribution in [0.15, 0.2) is 151 Å². The Morgan fingerprint density at radius 2 is 0.907 bits per heavy atom. The number of benzene rings is 4. The molecular formula is C37H29N3O3. The van der Waals surface area contributed by atoms with Gasteiger partial charge in [0.15, 0.2) is 0 Å². The number of ether oxygens (including phenoxy) is 2. The molecule has 6 rings (SSSR count). The van der Waals surface area contributed by atoms with Crippen LogP contribution in [0.3, 0.4) is 0 Å². The molecule has 0 atom stereocenters. The van der Waals surface area contributed by atoms with Gasteiger partial charge in [-0.15, -0.1) is 0 Å². The predicted octanol–water partition coefficient (Wildman–Crippen LogP) is 8.20. The molecule has 0 unspecified atom stereocenters. The third kappa shape index (κ3) is 6.94. The first-order chi connectivity index (χ1) is 21.2. The first-order valence-corrected chi connectivity index (χ1v) is 14.0. The minimum atomic E-state index is 0.342. The third-order valence-corrected chi connectivity index (χ3v) is 6.88. The van der Waals surface area contributed by atoms with Gasteiger partial charge in [0.25, 0.3) is 0 Å². The SMILES string of the molecule is ON=C(c1ccc(OCc2cccc(-c3ccccc3)n2)cc1)c1ccc(OCc2cccc(-c3ccccc3)n2)cc1. The van der Waals surface area contributed by atoms with Crippen molar-refractivity contribution in [3.05, 3.63) is 168 Å². The average Bonchev–Trinajstić information content (AvgIpc) is 3.09. The normalized spacial score (nSPS) is 10.6. The topological polar surface area (TPSA) is 76.8 Å². The van der Waals surface area contributed by atoms with E-state index in [0.717, 1.165) is 45.0 Å². The third-order valence-electron chi connectivity index (χ3n) is 6.88. The highest BCUT2D eigenvalue weighted by atomic mass is 16.5. The lowest BCUT2D eigenvalue weighted by atomic mass is 10.0. The number of hydrogen-bond acceptors (Lipinski definition) is 6. The average molecular weight is 564 g/mol. The van der Waals surface area contributed by atoms with Crippen molar-refractivity contribution in [3.8, 4) is 34.0 Å². The van der Waals surface area contributed by atoms with Crippen molar-refractivity contribution in [2.75, 3.05) is 0 Å². The number of oxime groups is 1. The summed E-state index contributed by atoms with van der Waals surface area (Å²) in [5, 5.41) is 13.4. The van der Waals surface area contributed by atoms with Crippen LogP contribution in [0.25, 0.3) is 22.5 Å². The fourth-order valence-corrected chi connectivity index (χ4v) is 4.67. The molecule has 0 aliphatic heterocycles. The Morgan fingerprint density at radius 3 is 1.30 bits per heavy atom. The van der Waals surface area contributed by atoms with Crippen LogP contribution in [0.2, 0.25) is 0 Å². The second-order valence-electron chi connectivity index (χ2n) is 9.84. The van der Waals surface area contributed by atoms with Gasteiger partial charge in [-0.05, 0) is 72.8 Å². The maximum atomic E-state index is 9.82. The molecule has 0 bridgehead atoms. The molecule has 0 aliphatic carbocycles. The molecular weight excluding hydrogens is 534 g/mol. The van der Waals surface area contributed by atoms with Crippen LogP contribution in [0, 0.1) is 0 Å². The van der Waals surface area contributed by atoms with Gasteiger partial charge in [0.2, 0.25) is 0 Å². The van der Waals surface area contributed by atoms with Crippen LogP contribution in [0.5, 0.6) is 11.5 Å². The highest BCUT2D eigenvalue weighted by Crippen LogP contribution is 2.22. The molecule has 4 aromatic carbocycles. The lowest BCUT2D eigenvalue weighted by molar-refractivity contribution is 0.301. The van der Waals surface area contributed by atoms with Crippen LogP contribution in [0.4, 0.5) is 0 Å². The van der Waals surface area contributed by atoms with Crippen molar-refractivity contribution >= 4 is 5.71 Å². The Labute approximate surface area is 250 Å². The molecule has 43 heavy (non-hydrogen) atoms. The molecule has 6 nitrogen and oxygen atoms in total. The number of aromatic nitrogens is 2. The van der Waals surface area contributed by atoms with Gasteiger partial charge in [-0.3, -0.25) is 0 Å². The summed E-state index contributed by atoms with van der Waals surface area (Å²) in [6.45, 7) is 0.684. The summed E-state index contributed by atoms with van der Waals surface area (Å²) in [5.41, 5.74) is 7.59. The second kappa shape index (κ2) is 13.3. The smallest absolute Gasteiger partial charge is 0.130 e. The Kier molecular flexibility index (Phi) is 8.47. The Bertz CT molecular complexity index is 1670. The van der Waals surface area contributed by atoms with Crippen LogP contribution in [-0.2, 0) is 13.2 Å². The predicted molar refractivity (Wildman–Crippen MR) is 168 cm³/mol. The Hall–Kier alpha value is -5.75.